The molecule has 0 spiro atoms. The van der Waals surface area contributed by atoms with Gasteiger partial charge in [-0.3, -0.25) is 4.90 Å². The normalized spacial score (nSPS) is 49.3. The van der Waals surface area contributed by atoms with Crippen LogP contribution < -0.4 is 0 Å². The smallest absolute Gasteiger partial charge is 0.186 e. The van der Waals surface area contributed by atoms with Crippen molar-refractivity contribution in [1.29, 1.82) is 0 Å². The van der Waals surface area contributed by atoms with Gasteiger partial charge in [0.1, 0.15) is 36.6 Å². The summed E-state index contributed by atoms with van der Waals surface area (Å²) in [5, 5.41) is 68.4. The minimum Gasteiger partial charge on any atom is -0.395 e. The maximum absolute atomic E-state index is 10.0. The van der Waals surface area contributed by atoms with Gasteiger partial charge in [0.15, 0.2) is 6.29 Å². The highest BCUT2D eigenvalue weighted by Gasteiger charge is 2.47. The van der Waals surface area contributed by atoms with Gasteiger partial charge in [-0.1, -0.05) is 0 Å². The molecule has 0 amide bonds. The molecule has 2 aliphatic rings. The molecule has 2 saturated heterocycles. The van der Waals surface area contributed by atoms with Crippen LogP contribution in [0.4, 0.5) is 0 Å². The number of β-amino-alcohol motifs (C(OH)–C–C–N with tert-alkyl or cyclic N) is 1. The summed E-state index contributed by atoms with van der Waals surface area (Å²) < 4.78 is 10.3. The van der Waals surface area contributed by atoms with Crippen LogP contribution >= 0.6 is 0 Å². The van der Waals surface area contributed by atoms with E-state index in [9.17, 15) is 35.7 Å². The van der Waals surface area contributed by atoms with E-state index in [2.05, 4.69) is 0 Å². The molecule has 0 aliphatic carbocycles. The zero-order valence-electron chi connectivity index (χ0n) is 12.7. The predicted octanol–water partition coefficient (Wildman–Crippen LogP) is -4.80. The lowest BCUT2D eigenvalue weighted by atomic mass is 9.92. The van der Waals surface area contributed by atoms with Gasteiger partial charge in [0.25, 0.3) is 0 Å². The summed E-state index contributed by atoms with van der Waals surface area (Å²) in [7, 11) is 1.27. The van der Waals surface area contributed by atoms with Gasteiger partial charge in [-0.15, -0.1) is 0 Å². The number of aliphatic hydroxyl groups excluding tert-OH is 7. The van der Waals surface area contributed by atoms with Crippen molar-refractivity contribution in [3.05, 3.63) is 0 Å². The van der Waals surface area contributed by atoms with Crippen molar-refractivity contribution in [2.24, 2.45) is 0 Å². The van der Waals surface area contributed by atoms with Gasteiger partial charge in [-0.25, -0.2) is 0 Å². The van der Waals surface area contributed by atoms with Crippen molar-refractivity contribution < 1.29 is 45.2 Å². The van der Waals surface area contributed by atoms with E-state index in [0.717, 1.165) is 0 Å². The average molecular weight is 339 g/mol. The molecule has 7 N–H and O–H groups in total. The Morgan fingerprint density at radius 3 is 2.17 bits per heavy atom. The van der Waals surface area contributed by atoms with Gasteiger partial charge in [0.05, 0.1) is 18.8 Å². The molecule has 10 nitrogen and oxygen atoms in total. The molecule has 0 unspecified atom stereocenters. The van der Waals surface area contributed by atoms with Crippen LogP contribution in [0.25, 0.3) is 0 Å². The van der Waals surface area contributed by atoms with Gasteiger partial charge in [-0.05, 0) is 0 Å². The van der Waals surface area contributed by atoms with E-state index in [4.69, 9.17) is 9.47 Å². The molecule has 0 radical (unpaired) electrons. The number of nitrogens with zero attached hydrogens (tertiary/aromatic N) is 1. The molecule has 136 valence electrons. The van der Waals surface area contributed by atoms with Crippen LogP contribution in [0.15, 0.2) is 0 Å². The third kappa shape index (κ3) is 3.66. The summed E-state index contributed by atoms with van der Waals surface area (Å²) in [6, 6.07) is -0.866. The molecule has 23 heavy (non-hydrogen) atoms. The molecular formula is C13H25NO9. The highest BCUT2D eigenvalue weighted by Crippen LogP contribution is 2.25. The second kappa shape index (κ2) is 7.66. The Labute approximate surface area is 133 Å². The molecule has 0 aromatic rings. The lowest BCUT2D eigenvalue weighted by Gasteiger charge is -2.46. The van der Waals surface area contributed by atoms with Crippen LogP contribution in [0.5, 0.6) is 0 Å². The Morgan fingerprint density at radius 2 is 1.61 bits per heavy atom. The van der Waals surface area contributed by atoms with Crippen molar-refractivity contribution in [2.45, 2.75) is 55.1 Å². The number of piperidine rings is 1. The number of ether oxygens (including phenoxy) is 2. The Hall–Kier alpha value is -0.400. The Morgan fingerprint density at radius 1 is 0.957 bits per heavy atom. The first kappa shape index (κ1) is 18.9. The number of rotatable bonds is 4. The van der Waals surface area contributed by atoms with Gasteiger partial charge in [0, 0.05) is 20.2 Å². The summed E-state index contributed by atoms with van der Waals surface area (Å²) in [6.07, 6.45) is -10.5. The zero-order valence-corrected chi connectivity index (χ0v) is 12.7. The number of hydrogen-bond donors (Lipinski definition) is 7. The number of likely N-dealkylation sites (tertiary alicyclic amines) is 1. The topological polar surface area (TPSA) is 163 Å². The number of hydrogen-bond acceptors (Lipinski definition) is 10. The van der Waals surface area contributed by atoms with E-state index < -0.39 is 61.7 Å². The number of aliphatic hydroxyl groups is 7. The van der Waals surface area contributed by atoms with Crippen LogP contribution in [0.3, 0.4) is 0 Å². The molecule has 9 atom stereocenters. The highest BCUT2D eigenvalue weighted by atomic mass is 16.7. The molecule has 10 heteroatoms. The Bertz CT molecular complexity index is 384. The quantitative estimate of drug-likeness (QED) is 0.264. The Balaban J connectivity index is 2.09. The molecule has 2 rings (SSSR count). The predicted molar refractivity (Wildman–Crippen MR) is 74.2 cm³/mol. The minimum atomic E-state index is -1.49. The van der Waals surface area contributed by atoms with E-state index in [0.29, 0.717) is 0 Å². The number of methoxy groups -OCH3 is 1. The summed E-state index contributed by atoms with van der Waals surface area (Å²) in [5.74, 6) is 0. The molecule has 2 fully saturated rings. The van der Waals surface area contributed by atoms with Crippen molar-refractivity contribution in [3.63, 3.8) is 0 Å². The van der Waals surface area contributed by atoms with Crippen LogP contribution in [0.1, 0.15) is 0 Å². The lowest BCUT2D eigenvalue weighted by molar-refractivity contribution is -0.294. The van der Waals surface area contributed by atoms with Crippen molar-refractivity contribution >= 4 is 0 Å². The SMILES string of the molecule is CO[C@@H]1O[C@H](CN2C[C@H](O)[C@@H](O)[C@H](O)[C@H]2CO)[C@@H](O)[C@H](O)[C@H]1O. The molecule has 0 bridgehead atoms. The minimum absolute atomic E-state index is 0.0587. The van der Waals surface area contributed by atoms with Gasteiger partial charge in [0.2, 0.25) is 0 Å². The second-order valence-electron chi connectivity index (χ2n) is 6.00. The molecule has 0 aromatic carbocycles. The van der Waals surface area contributed by atoms with Crippen LogP contribution in [-0.2, 0) is 9.47 Å². The average Bonchev–Trinajstić information content (AvgIpc) is 2.53. The molecule has 0 aromatic heterocycles. The van der Waals surface area contributed by atoms with Crippen LogP contribution in [-0.4, -0.2) is 123 Å². The standard InChI is InChI=1S/C13H25NO9/c1-22-13-12(21)11(20)10(19)7(23-13)3-14-2-6(16)9(18)8(17)5(14)4-15/h5-13,15-21H,2-4H2,1H3/t5-,6+,7-,8-,9-,10-,11+,12-,13-/m1/s1. The Kier molecular flexibility index (Phi) is 6.30. The first-order valence-corrected chi connectivity index (χ1v) is 7.43. The molecule has 2 heterocycles. The van der Waals surface area contributed by atoms with Gasteiger partial charge in [-0.2, -0.15) is 0 Å². The van der Waals surface area contributed by atoms with Crippen LogP contribution in [0, 0.1) is 0 Å². The van der Waals surface area contributed by atoms with E-state index in [1.165, 1.54) is 12.0 Å². The summed E-state index contributed by atoms with van der Waals surface area (Å²) in [6.45, 7) is -0.601. The summed E-state index contributed by atoms with van der Waals surface area (Å²) in [5.41, 5.74) is 0. The van der Waals surface area contributed by atoms with E-state index in [1.807, 2.05) is 0 Å². The maximum atomic E-state index is 10.0. The van der Waals surface area contributed by atoms with Gasteiger partial charge >= 0.3 is 0 Å². The third-order valence-electron chi connectivity index (χ3n) is 4.53. The van der Waals surface area contributed by atoms with Crippen LogP contribution in [0.2, 0.25) is 0 Å². The first-order valence-electron chi connectivity index (χ1n) is 7.43. The largest absolute Gasteiger partial charge is 0.395 e. The fraction of sp³-hybridized carbons (Fsp3) is 1.00. The summed E-state index contributed by atoms with van der Waals surface area (Å²) in [4.78, 5) is 1.45. The van der Waals surface area contributed by atoms with Crippen molar-refractivity contribution in [3.8, 4) is 0 Å². The molecule has 0 saturated carbocycles. The van der Waals surface area contributed by atoms with E-state index in [1.54, 1.807) is 0 Å². The van der Waals surface area contributed by atoms with E-state index in [-0.39, 0.29) is 13.1 Å². The second-order valence-corrected chi connectivity index (χ2v) is 6.00. The molecule has 2 aliphatic heterocycles. The maximum Gasteiger partial charge on any atom is 0.186 e. The summed E-state index contributed by atoms with van der Waals surface area (Å²) >= 11 is 0. The van der Waals surface area contributed by atoms with Crippen molar-refractivity contribution in [1.82, 2.24) is 4.90 Å². The fourth-order valence-corrected chi connectivity index (χ4v) is 3.08. The zero-order chi connectivity index (χ0) is 17.3. The lowest BCUT2D eigenvalue weighted by Crippen LogP contribution is -2.66. The monoisotopic (exact) mass is 339 g/mol. The molecular weight excluding hydrogens is 314 g/mol. The van der Waals surface area contributed by atoms with E-state index >= 15 is 0 Å². The fourth-order valence-electron chi connectivity index (χ4n) is 3.08. The highest BCUT2D eigenvalue weighted by molar-refractivity contribution is 4.97. The third-order valence-corrected chi connectivity index (χ3v) is 4.53. The van der Waals surface area contributed by atoms with Crippen molar-refractivity contribution in [2.75, 3.05) is 26.8 Å². The van der Waals surface area contributed by atoms with Gasteiger partial charge < -0.3 is 45.2 Å². The first-order chi connectivity index (χ1) is 10.8.